The van der Waals surface area contributed by atoms with Crippen molar-refractivity contribution in [2.75, 3.05) is 18.2 Å². The number of benzene rings is 1. The fourth-order valence-corrected chi connectivity index (χ4v) is 2.63. The van der Waals surface area contributed by atoms with Crippen LogP contribution in [0.25, 0.3) is 0 Å². The van der Waals surface area contributed by atoms with Crippen LogP contribution in [0.5, 0.6) is 5.75 Å². The van der Waals surface area contributed by atoms with Crippen molar-refractivity contribution in [2.24, 2.45) is 0 Å². The maximum atomic E-state index is 12.0. The van der Waals surface area contributed by atoms with Crippen LogP contribution in [-0.4, -0.2) is 39.0 Å². The van der Waals surface area contributed by atoms with Crippen LogP contribution in [0.3, 0.4) is 0 Å². The van der Waals surface area contributed by atoms with Crippen LogP contribution in [0.1, 0.15) is 5.76 Å². The average Bonchev–Trinajstić information content (AvgIpc) is 3.26. The largest absolute Gasteiger partial charge is 0.497 e. The van der Waals surface area contributed by atoms with Crippen molar-refractivity contribution in [1.29, 1.82) is 0 Å². The summed E-state index contributed by atoms with van der Waals surface area (Å²) in [6.07, 6.45) is 1.59. The van der Waals surface area contributed by atoms with E-state index < -0.39 is 0 Å². The van der Waals surface area contributed by atoms with Gasteiger partial charge in [-0.1, -0.05) is 11.8 Å². The zero-order valence-electron chi connectivity index (χ0n) is 12.9. The highest BCUT2D eigenvalue weighted by molar-refractivity contribution is 7.99. The number of hydrogen-bond acceptors (Lipinski definition) is 7. The van der Waals surface area contributed by atoms with Crippen LogP contribution >= 0.6 is 11.8 Å². The van der Waals surface area contributed by atoms with Gasteiger partial charge in [0.05, 0.1) is 19.1 Å². The number of carbonyl (C=O) groups excluding carboxylic acids is 1. The number of nitrogens with zero attached hydrogens (tertiary/aromatic N) is 4. The molecule has 0 radical (unpaired) electrons. The van der Waals surface area contributed by atoms with Gasteiger partial charge in [0.25, 0.3) is 0 Å². The average molecular weight is 345 g/mol. The van der Waals surface area contributed by atoms with Crippen molar-refractivity contribution in [3.05, 3.63) is 48.4 Å². The van der Waals surface area contributed by atoms with Crippen LogP contribution in [0, 0.1) is 0 Å². The molecule has 1 amide bonds. The lowest BCUT2D eigenvalue weighted by molar-refractivity contribution is -0.113. The number of rotatable bonds is 7. The molecule has 0 atom stereocenters. The van der Waals surface area contributed by atoms with Crippen LogP contribution in [0.4, 0.5) is 5.69 Å². The summed E-state index contributed by atoms with van der Waals surface area (Å²) < 4.78 is 11.9. The van der Waals surface area contributed by atoms with Crippen molar-refractivity contribution in [2.45, 2.75) is 11.7 Å². The number of thioether (sulfide) groups is 1. The van der Waals surface area contributed by atoms with E-state index in [2.05, 4.69) is 20.8 Å². The van der Waals surface area contributed by atoms with E-state index in [9.17, 15) is 4.79 Å². The zero-order chi connectivity index (χ0) is 16.8. The molecule has 24 heavy (non-hydrogen) atoms. The third-order valence-corrected chi connectivity index (χ3v) is 4.05. The molecule has 0 fully saturated rings. The number of amides is 1. The van der Waals surface area contributed by atoms with Crippen molar-refractivity contribution < 1.29 is 13.9 Å². The van der Waals surface area contributed by atoms with Gasteiger partial charge in [-0.3, -0.25) is 4.79 Å². The number of carbonyl (C=O) groups is 1. The van der Waals surface area contributed by atoms with Gasteiger partial charge in [-0.05, 0) is 46.8 Å². The van der Waals surface area contributed by atoms with Gasteiger partial charge in [0.1, 0.15) is 18.1 Å². The Labute approximate surface area is 142 Å². The first-order valence-electron chi connectivity index (χ1n) is 7.10. The molecule has 0 aliphatic heterocycles. The minimum Gasteiger partial charge on any atom is -0.497 e. The normalized spacial score (nSPS) is 10.5. The molecule has 0 bridgehead atoms. The SMILES string of the molecule is COc1ccc(NC(=O)CSc2nnnn2Cc2ccco2)cc1. The predicted molar refractivity (Wildman–Crippen MR) is 88.0 cm³/mol. The fourth-order valence-electron chi connectivity index (χ4n) is 1.95. The maximum Gasteiger partial charge on any atom is 0.234 e. The number of aromatic nitrogens is 4. The second-order valence-electron chi connectivity index (χ2n) is 4.76. The second kappa shape index (κ2) is 7.64. The molecule has 2 heterocycles. The molecule has 0 unspecified atom stereocenters. The maximum absolute atomic E-state index is 12.0. The summed E-state index contributed by atoms with van der Waals surface area (Å²) in [6.45, 7) is 0.419. The Hall–Kier alpha value is -2.81. The van der Waals surface area contributed by atoms with Gasteiger partial charge in [0, 0.05) is 5.69 Å². The van der Waals surface area contributed by atoms with Gasteiger partial charge in [-0.25, -0.2) is 4.68 Å². The summed E-state index contributed by atoms with van der Waals surface area (Å²) in [5.41, 5.74) is 0.705. The van der Waals surface area contributed by atoms with Gasteiger partial charge in [-0.15, -0.1) is 5.10 Å². The number of tetrazole rings is 1. The highest BCUT2D eigenvalue weighted by Crippen LogP contribution is 2.18. The molecule has 0 aliphatic carbocycles. The molecular formula is C15H15N5O3S. The van der Waals surface area contributed by atoms with Crippen LogP contribution in [0.2, 0.25) is 0 Å². The van der Waals surface area contributed by atoms with Crippen molar-refractivity contribution in [1.82, 2.24) is 20.2 Å². The lowest BCUT2D eigenvalue weighted by Crippen LogP contribution is -2.14. The van der Waals surface area contributed by atoms with E-state index in [0.717, 1.165) is 11.5 Å². The van der Waals surface area contributed by atoms with E-state index in [4.69, 9.17) is 9.15 Å². The predicted octanol–water partition coefficient (Wildman–Crippen LogP) is 2.05. The van der Waals surface area contributed by atoms with Crippen molar-refractivity contribution in [3.8, 4) is 5.75 Å². The Kier molecular flexibility index (Phi) is 5.12. The Morgan fingerprint density at radius 3 is 2.88 bits per heavy atom. The first kappa shape index (κ1) is 16.1. The summed E-state index contributed by atoms with van der Waals surface area (Å²) in [7, 11) is 1.59. The third kappa shape index (κ3) is 4.13. The molecule has 9 heteroatoms. The van der Waals surface area contributed by atoms with E-state index >= 15 is 0 Å². The van der Waals surface area contributed by atoms with Gasteiger partial charge in [0.15, 0.2) is 0 Å². The van der Waals surface area contributed by atoms with Gasteiger partial charge >= 0.3 is 0 Å². The number of hydrogen-bond donors (Lipinski definition) is 1. The summed E-state index contributed by atoms with van der Waals surface area (Å²) in [6, 6.07) is 10.8. The van der Waals surface area contributed by atoms with Crippen LogP contribution < -0.4 is 10.1 Å². The summed E-state index contributed by atoms with van der Waals surface area (Å²) >= 11 is 1.26. The zero-order valence-corrected chi connectivity index (χ0v) is 13.7. The monoisotopic (exact) mass is 345 g/mol. The minimum atomic E-state index is -0.141. The van der Waals surface area contributed by atoms with E-state index in [0.29, 0.717) is 17.4 Å². The number of ether oxygens (including phenoxy) is 1. The number of anilines is 1. The molecule has 0 spiro atoms. The van der Waals surface area contributed by atoms with E-state index in [-0.39, 0.29) is 11.7 Å². The molecule has 1 aromatic carbocycles. The number of furan rings is 1. The third-order valence-electron chi connectivity index (χ3n) is 3.09. The molecular weight excluding hydrogens is 330 g/mol. The van der Waals surface area contributed by atoms with Crippen LogP contribution in [0.15, 0.2) is 52.2 Å². The topological polar surface area (TPSA) is 95.1 Å². The van der Waals surface area contributed by atoms with Gasteiger partial charge in [-0.2, -0.15) is 0 Å². The molecule has 0 aliphatic rings. The summed E-state index contributed by atoms with van der Waals surface area (Å²) in [5, 5.41) is 14.8. The lowest BCUT2D eigenvalue weighted by Gasteiger charge is -2.06. The van der Waals surface area contributed by atoms with Crippen molar-refractivity contribution >= 4 is 23.4 Å². The quantitative estimate of drug-likeness (QED) is 0.655. The smallest absolute Gasteiger partial charge is 0.234 e. The minimum absolute atomic E-state index is 0.141. The summed E-state index contributed by atoms with van der Waals surface area (Å²) in [4.78, 5) is 12.0. The molecule has 1 N–H and O–H groups in total. The molecule has 3 rings (SSSR count). The first-order chi connectivity index (χ1) is 11.7. The molecule has 0 saturated heterocycles. The molecule has 3 aromatic rings. The highest BCUT2D eigenvalue weighted by Gasteiger charge is 2.11. The Morgan fingerprint density at radius 2 is 2.17 bits per heavy atom. The Bertz CT molecular complexity index is 786. The number of methoxy groups -OCH3 is 1. The number of nitrogens with one attached hydrogen (secondary N) is 1. The van der Waals surface area contributed by atoms with Crippen molar-refractivity contribution in [3.63, 3.8) is 0 Å². The molecule has 124 valence electrons. The van der Waals surface area contributed by atoms with E-state index in [1.165, 1.54) is 11.8 Å². The Balaban J connectivity index is 1.53. The molecule has 2 aromatic heterocycles. The fraction of sp³-hybridized carbons (Fsp3) is 0.200. The summed E-state index contributed by atoms with van der Waals surface area (Å²) in [5.74, 6) is 1.54. The second-order valence-corrected chi connectivity index (χ2v) is 5.71. The first-order valence-corrected chi connectivity index (χ1v) is 8.08. The highest BCUT2D eigenvalue weighted by atomic mass is 32.2. The van der Waals surface area contributed by atoms with Gasteiger partial charge in [0.2, 0.25) is 11.1 Å². The lowest BCUT2D eigenvalue weighted by atomic mass is 10.3. The van der Waals surface area contributed by atoms with Gasteiger partial charge < -0.3 is 14.5 Å². The Morgan fingerprint density at radius 1 is 1.33 bits per heavy atom. The molecule has 0 saturated carbocycles. The standard InChI is InChI=1S/C15H15N5O3S/c1-22-12-6-4-11(5-7-12)16-14(21)10-24-15-17-18-19-20(15)9-13-3-2-8-23-13/h2-8H,9-10H2,1H3,(H,16,21). The van der Waals surface area contributed by atoms with Crippen LogP contribution in [-0.2, 0) is 11.3 Å². The van der Waals surface area contributed by atoms with E-state index in [1.807, 2.05) is 6.07 Å². The van der Waals surface area contributed by atoms with E-state index in [1.54, 1.807) is 48.4 Å². The molecule has 8 nitrogen and oxygen atoms in total.